The third kappa shape index (κ3) is 2.84. The van der Waals surface area contributed by atoms with Crippen LogP contribution >= 0.6 is 11.6 Å². The van der Waals surface area contributed by atoms with Crippen LogP contribution in [0.2, 0.25) is 0 Å². The minimum atomic E-state index is -0.719. The molecule has 0 saturated heterocycles. The van der Waals surface area contributed by atoms with Crippen molar-refractivity contribution in [2.45, 2.75) is 19.4 Å². The van der Waals surface area contributed by atoms with E-state index in [0.29, 0.717) is 0 Å². The quantitative estimate of drug-likeness (QED) is 0.710. The molecule has 14 heavy (non-hydrogen) atoms. The molecule has 0 unspecified atom stereocenters. The van der Waals surface area contributed by atoms with E-state index in [9.17, 15) is 8.78 Å². The zero-order valence-corrected chi connectivity index (χ0v) is 8.74. The molecule has 0 amide bonds. The predicted molar refractivity (Wildman–Crippen MR) is 51.8 cm³/mol. The summed E-state index contributed by atoms with van der Waals surface area (Å²) in [5.41, 5.74) is -0.666. The average Bonchev–Trinajstić information content (AvgIpc) is 2.10. The second kappa shape index (κ2) is 4.13. The first-order valence-corrected chi connectivity index (χ1v) is 4.68. The van der Waals surface area contributed by atoms with Crippen LogP contribution in [0.1, 0.15) is 13.8 Å². The Morgan fingerprint density at radius 1 is 1.36 bits per heavy atom. The van der Waals surface area contributed by atoms with E-state index in [0.717, 1.165) is 12.1 Å². The molecule has 0 bridgehead atoms. The van der Waals surface area contributed by atoms with Gasteiger partial charge in [0.1, 0.15) is 11.4 Å². The van der Waals surface area contributed by atoms with Gasteiger partial charge in [0, 0.05) is 6.07 Å². The van der Waals surface area contributed by atoms with Crippen LogP contribution in [0.3, 0.4) is 0 Å². The summed E-state index contributed by atoms with van der Waals surface area (Å²) in [6.45, 7) is 3.45. The molecule has 0 fully saturated rings. The van der Waals surface area contributed by atoms with Gasteiger partial charge in [0.2, 0.25) is 0 Å². The van der Waals surface area contributed by atoms with Gasteiger partial charge < -0.3 is 4.74 Å². The Bertz CT molecular complexity index is 326. The highest BCUT2D eigenvalue weighted by molar-refractivity contribution is 6.18. The Kier molecular flexibility index (Phi) is 3.32. The smallest absolute Gasteiger partial charge is 0.168 e. The summed E-state index contributed by atoms with van der Waals surface area (Å²) in [4.78, 5) is 0. The number of halogens is 3. The summed E-state index contributed by atoms with van der Waals surface area (Å²) in [6, 6.07) is 3.17. The van der Waals surface area contributed by atoms with E-state index in [1.807, 2.05) is 0 Å². The minimum absolute atomic E-state index is 0.0112. The molecule has 0 N–H and O–H groups in total. The molecule has 4 heteroatoms. The summed E-state index contributed by atoms with van der Waals surface area (Å²) in [7, 11) is 0. The van der Waals surface area contributed by atoms with E-state index >= 15 is 0 Å². The SMILES string of the molecule is CC(C)(CCl)Oc1ccc(F)cc1F. The van der Waals surface area contributed by atoms with Crippen LogP contribution in [-0.4, -0.2) is 11.5 Å². The predicted octanol–water partition coefficient (Wildman–Crippen LogP) is 3.36. The molecule has 0 aliphatic carbocycles. The van der Waals surface area contributed by atoms with E-state index in [4.69, 9.17) is 16.3 Å². The van der Waals surface area contributed by atoms with Crippen molar-refractivity contribution in [3.8, 4) is 5.75 Å². The van der Waals surface area contributed by atoms with Crippen LogP contribution in [0.15, 0.2) is 18.2 Å². The van der Waals surface area contributed by atoms with E-state index in [1.165, 1.54) is 6.07 Å². The number of ether oxygens (including phenoxy) is 1. The molecule has 1 aromatic rings. The molecular weight excluding hydrogens is 210 g/mol. The number of rotatable bonds is 3. The maximum atomic E-state index is 13.1. The summed E-state index contributed by atoms with van der Waals surface area (Å²) in [5.74, 6) is -1.11. The number of alkyl halides is 1. The lowest BCUT2D eigenvalue weighted by atomic mass is 10.2. The monoisotopic (exact) mass is 220 g/mol. The number of hydrogen-bond donors (Lipinski definition) is 0. The second-order valence-electron chi connectivity index (χ2n) is 3.57. The lowest BCUT2D eigenvalue weighted by molar-refractivity contribution is 0.127. The average molecular weight is 221 g/mol. The normalized spacial score (nSPS) is 11.5. The summed E-state index contributed by atoms with van der Waals surface area (Å²) in [5, 5.41) is 0. The highest BCUT2D eigenvalue weighted by Gasteiger charge is 2.20. The first-order valence-electron chi connectivity index (χ1n) is 4.15. The number of hydrogen-bond acceptors (Lipinski definition) is 1. The zero-order chi connectivity index (χ0) is 10.8. The Balaban J connectivity index is 2.87. The third-order valence-electron chi connectivity index (χ3n) is 1.60. The summed E-state index contributed by atoms with van der Waals surface area (Å²) in [6.07, 6.45) is 0. The fraction of sp³-hybridized carbons (Fsp3) is 0.400. The van der Waals surface area contributed by atoms with Crippen molar-refractivity contribution >= 4 is 11.6 Å². The van der Waals surface area contributed by atoms with E-state index in [2.05, 4.69) is 0 Å². The van der Waals surface area contributed by atoms with Gasteiger partial charge in [-0.3, -0.25) is 0 Å². The fourth-order valence-corrected chi connectivity index (χ4v) is 0.937. The zero-order valence-electron chi connectivity index (χ0n) is 7.98. The molecule has 0 saturated carbocycles. The second-order valence-corrected chi connectivity index (χ2v) is 3.84. The molecule has 0 radical (unpaired) electrons. The maximum absolute atomic E-state index is 13.1. The van der Waals surface area contributed by atoms with Crippen LogP contribution in [0.25, 0.3) is 0 Å². The van der Waals surface area contributed by atoms with Gasteiger partial charge >= 0.3 is 0 Å². The van der Waals surface area contributed by atoms with Gasteiger partial charge in [-0.1, -0.05) is 0 Å². The molecule has 0 atom stereocenters. The molecule has 0 aliphatic heterocycles. The molecule has 0 spiro atoms. The summed E-state index contributed by atoms with van der Waals surface area (Å²) >= 11 is 5.61. The Morgan fingerprint density at radius 3 is 2.50 bits per heavy atom. The first-order chi connectivity index (χ1) is 6.44. The minimum Gasteiger partial charge on any atom is -0.484 e. The van der Waals surface area contributed by atoms with Crippen molar-refractivity contribution in [2.75, 3.05) is 5.88 Å². The Labute approximate surface area is 86.6 Å². The third-order valence-corrected chi connectivity index (χ3v) is 2.25. The van der Waals surface area contributed by atoms with Crippen molar-refractivity contribution in [2.24, 2.45) is 0 Å². The largest absolute Gasteiger partial charge is 0.484 e. The van der Waals surface area contributed by atoms with Crippen LogP contribution < -0.4 is 4.74 Å². The van der Waals surface area contributed by atoms with E-state index in [1.54, 1.807) is 13.8 Å². The molecule has 78 valence electrons. The standard InChI is InChI=1S/C10H11ClF2O/c1-10(2,6-11)14-9-4-3-7(12)5-8(9)13/h3-5H,6H2,1-2H3. The topological polar surface area (TPSA) is 9.23 Å². The van der Waals surface area contributed by atoms with Crippen LogP contribution in [0.4, 0.5) is 8.78 Å². The lowest BCUT2D eigenvalue weighted by Gasteiger charge is -2.23. The molecular formula is C10H11ClF2O. The summed E-state index contributed by atoms with van der Waals surface area (Å²) < 4.78 is 30.9. The van der Waals surface area contributed by atoms with Gasteiger partial charge in [-0.2, -0.15) is 0 Å². The van der Waals surface area contributed by atoms with Gasteiger partial charge in [-0.05, 0) is 26.0 Å². The highest BCUT2D eigenvalue weighted by atomic mass is 35.5. The van der Waals surface area contributed by atoms with Gasteiger partial charge in [0.05, 0.1) is 5.88 Å². The van der Waals surface area contributed by atoms with Crippen molar-refractivity contribution in [1.29, 1.82) is 0 Å². The number of benzene rings is 1. The van der Waals surface area contributed by atoms with Crippen molar-refractivity contribution in [1.82, 2.24) is 0 Å². The van der Waals surface area contributed by atoms with Crippen LogP contribution in [0.5, 0.6) is 5.75 Å². The van der Waals surface area contributed by atoms with Gasteiger partial charge in [-0.15, -0.1) is 11.6 Å². The van der Waals surface area contributed by atoms with Gasteiger partial charge in [-0.25, -0.2) is 8.78 Å². The van der Waals surface area contributed by atoms with Crippen LogP contribution in [0, 0.1) is 11.6 Å². The van der Waals surface area contributed by atoms with Crippen LogP contribution in [-0.2, 0) is 0 Å². The molecule has 0 aromatic heterocycles. The maximum Gasteiger partial charge on any atom is 0.168 e. The first kappa shape index (κ1) is 11.2. The molecule has 1 aromatic carbocycles. The van der Waals surface area contributed by atoms with Crippen molar-refractivity contribution < 1.29 is 13.5 Å². The molecule has 0 aliphatic rings. The van der Waals surface area contributed by atoms with E-state index < -0.39 is 17.2 Å². The van der Waals surface area contributed by atoms with Gasteiger partial charge in [0.15, 0.2) is 11.6 Å². The van der Waals surface area contributed by atoms with Crippen molar-refractivity contribution in [3.05, 3.63) is 29.8 Å². The van der Waals surface area contributed by atoms with Crippen molar-refractivity contribution in [3.63, 3.8) is 0 Å². The highest BCUT2D eigenvalue weighted by Crippen LogP contribution is 2.23. The molecule has 0 heterocycles. The van der Waals surface area contributed by atoms with E-state index in [-0.39, 0.29) is 11.6 Å². The fourth-order valence-electron chi connectivity index (χ4n) is 0.883. The molecule has 1 rings (SSSR count). The Morgan fingerprint density at radius 2 is 2.00 bits per heavy atom. The Hall–Kier alpha value is -0.830. The lowest BCUT2D eigenvalue weighted by Crippen LogP contribution is -2.30. The molecule has 1 nitrogen and oxygen atoms in total. The van der Waals surface area contributed by atoms with Gasteiger partial charge in [0.25, 0.3) is 0 Å².